The molecule has 0 saturated heterocycles. The summed E-state index contributed by atoms with van der Waals surface area (Å²) in [6.45, 7) is 3.57. The molecule has 0 atom stereocenters. The Morgan fingerprint density at radius 3 is 2.83 bits per heavy atom. The van der Waals surface area contributed by atoms with Gasteiger partial charge in [-0.15, -0.1) is 6.58 Å². The smallest absolute Gasteiger partial charge is 0.306 e. The number of carbonyl (C=O) groups excluding carboxylic acids is 1. The van der Waals surface area contributed by atoms with Crippen LogP contribution >= 0.6 is 34.9 Å². The Bertz CT molecular complexity index is 751. The first kappa shape index (κ1) is 18.6. The Kier molecular flexibility index (Phi) is 6.08. The number of amides is 2. The maximum Gasteiger partial charge on any atom is 0.416 e. The van der Waals surface area contributed by atoms with Gasteiger partial charge in [0.15, 0.2) is 0 Å². The number of alkyl halides is 3. The predicted molar refractivity (Wildman–Crippen MR) is 89.9 cm³/mol. The molecule has 24 heavy (non-hydrogen) atoms. The number of nitrogens with zero attached hydrogens (tertiary/aromatic N) is 2. The molecule has 5 nitrogen and oxygen atoms in total. The summed E-state index contributed by atoms with van der Waals surface area (Å²) in [6, 6.07) is 1.88. The van der Waals surface area contributed by atoms with Crippen molar-refractivity contribution >= 4 is 51.7 Å². The van der Waals surface area contributed by atoms with Gasteiger partial charge in [0, 0.05) is 17.3 Å². The molecule has 1 aromatic carbocycles. The summed E-state index contributed by atoms with van der Waals surface area (Å²) in [6.07, 6.45) is -2.85. The van der Waals surface area contributed by atoms with Gasteiger partial charge in [-0.2, -0.15) is 22.5 Å². The zero-order chi connectivity index (χ0) is 17.7. The van der Waals surface area contributed by atoms with Gasteiger partial charge in [-0.25, -0.2) is 4.79 Å². The Balaban J connectivity index is 2.04. The lowest BCUT2D eigenvalue weighted by molar-refractivity contribution is -0.137. The largest absolute Gasteiger partial charge is 0.416 e. The topological polar surface area (TPSA) is 66.9 Å². The molecule has 0 unspecified atom stereocenters. The van der Waals surface area contributed by atoms with Gasteiger partial charge >= 0.3 is 12.2 Å². The van der Waals surface area contributed by atoms with Crippen molar-refractivity contribution in [3.8, 4) is 0 Å². The van der Waals surface area contributed by atoms with E-state index in [1.807, 2.05) is 0 Å². The molecule has 0 aliphatic carbocycles. The normalized spacial score (nSPS) is 11.2. The second-order valence-electron chi connectivity index (χ2n) is 4.25. The maximum atomic E-state index is 12.7. The van der Waals surface area contributed by atoms with Crippen LogP contribution in [0.15, 0.2) is 36.0 Å². The van der Waals surface area contributed by atoms with Gasteiger partial charge in [-0.1, -0.05) is 29.4 Å². The zero-order valence-corrected chi connectivity index (χ0v) is 14.2. The van der Waals surface area contributed by atoms with Crippen molar-refractivity contribution in [1.82, 2.24) is 9.36 Å². The Morgan fingerprint density at radius 2 is 2.17 bits per heavy atom. The fourth-order valence-electron chi connectivity index (χ4n) is 1.50. The van der Waals surface area contributed by atoms with Gasteiger partial charge in [-0.05, 0) is 18.2 Å². The highest BCUT2D eigenvalue weighted by molar-refractivity contribution is 7.99. The molecule has 2 rings (SSSR count). The molecule has 0 bridgehead atoms. The average Bonchev–Trinajstić information content (AvgIpc) is 2.93. The Morgan fingerprint density at radius 1 is 1.42 bits per heavy atom. The molecule has 0 saturated carbocycles. The van der Waals surface area contributed by atoms with E-state index in [9.17, 15) is 18.0 Å². The van der Waals surface area contributed by atoms with E-state index in [2.05, 4.69) is 26.6 Å². The third-order valence-electron chi connectivity index (χ3n) is 2.50. The number of rotatable bonds is 5. The lowest BCUT2D eigenvalue weighted by Crippen LogP contribution is -2.20. The summed E-state index contributed by atoms with van der Waals surface area (Å²) < 4.78 is 42.1. The second kappa shape index (κ2) is 7.86. The summed E-state index contributed by atoms with van der Waals surface area (Å²) in [7, 11) is 0. The third kappa shape index (κ3) is 5.11. The van der Waals surface area contributed by atoms with E-state index in [0.29, 0.717) is 10.9 Å². The second-order valence-corrected chi connectivity index (χ2v) is 6.40. The maximum absolute atomic E-state index is 12.7. The lowest BCUT2D eigenvalue weighted by atomic mass is 10.2. The number of hydrogen-bond donors (Lipinski definition) is 2. The quantitative estimate of drug-likeness (QED) is 0.544. The van der Waals surface area contributed by atoms with Crippen LogP contribution < -0.4 is 10.6 Å². The molecular weight excluding hydrogens is 385 g/mol. The van der Waals surface area contributed by atoms with Crippen molar-refractivity contribution in [1.29, 1.82) is 0 Å². The molecule has 2 aromatic rings. The molecule has 0 aliphatic heterocycles. The highest BCUT2D eigenvalue weighted by Crippen LogP contribution is 2.33. The van der Waals surface area contributed by atoms with Crippen LogP contribution in [-0.2, 0) is 6.18 Å². The van der Waals surface area contributed by atoms with Crippen molar-refractivity contribution in [3.63, 3.8) is 0 Å². The molecular formula is C13H10ClF3N4OS2. The number of hydrogen-bond acceptors (Lipinski definition) is 5. The third-order valence-corrected chi connectivity index (χ3v) is 4.42. The van der Waals surface area contributed by atoms with Gasteiger partial charge in [0.2, 0.25) is 10.3 Å². The number of benzene rings is 1. The van der Waals surface area contributed by atoms with Crippen LogP contribution in [0.3, 0.4) is 0 Å². The van der Waals surface area contributed by atoms with Crippen LogP contribution in [0.5, 0.6) is 0 Å². The van der Waals surface area contributed by atoms with Crippen molar-refractivity contribution < 1.29 is 18.0 Å². The molecule has 0 aliphatic rings. The van der Waals surface area contributed by atoms with E-state index in [4.69, 9.17) is 11.6 Å². The number of aromatic nitrogens is 2. The van der Waals surface area contributed by atoms with Gasteiger partial charge in [0.25, 0.3) is 0 Å². The highest BCUT2D eigenvalue weighted by atomic mass is 35.5. The van der Waals surface area contributed by atoms with Crippen LogP contribution in [0.2, 0.25) is 5.02 Å². The van der Waals surface area contributed by atoms with E-state index in [0.717, 1.165) is 29.7 Å². The molecule has 1 heterocycles. The minimum absolute atomic E-state index is 0.0161. The highest BCUT2D eigenvalue weighted by Gasteiger charge is 2.31. The fraction of sp³-hybridized carbons (Fsp3) is 0.154. The SMILES string of the molecule is C=CCSc1nsc(NC(=O)Nc2cc(C(F)(F)F)ccc2Cl)n1. The van der Waals surface area contributed by atoms with Gasteiger partial charge < -0.3 is 5.32 Å². The molecule has 0 fully saturated rings. The first-order valence-electron chi connectivity index (χ1n) is 6.31. The van der Waals surface area contributed by atoms with E-state index < -0.39 is 17.8 Å². The van der Waals surface area contributed by atoms with Crippen molar-refractivity contribution in [2.75, 3.05) is 16.4 Å². The summed E-state index contributed by atoms with van der Waals surface area (Å²) in [4.78, 5) is 15.9. The molecule has 11 heteroatoms. The number of thioether (sulfide) groups is 1. The first-order valence-corrected chi connectivity index (χ1v) is 8.45. The first-order chi connectivity index (χ1) is 11.3. The van der Waals surface area contributed by atoms with E-state index in [1.54, 1.807) is 6.08 Å². The van der Waals surface area contributed by atoms with Gasteiger partial charge in [0.1, 0.15) is 0 Å². The number of halogens is 4. The number of urea groups is 1. The summed E-state index contributed by atoms with van der Waals surface area (Å²) in [5, 5.41) is 5.31. The Hall–Kier alpha value is -1.78. The molecule has 0 spiro atoms. The van der Waals surface area contributed by atoms with E-state index >= 15 is 0 Å². The number of carbonyl (C=O) groups is 1. The minimum atomic E-state index is -4.53. The predicted octanol–water partition coefficient (Wildman–Crippen LogP) is 5.13. The van der Waals surface area contributed by atoms with Crippen molar-refractivity contribution in [2.45, 2.75) is 11.3 Å². The molecule has 2 N–H and O–H groups in total. The fourth-order valence-corrected chi connectivity index (χ4v) is 2.94. The number of nitrogens with one attached hydrogen (secondary N) is 2. The monoisotopic (exact) mass is 394 g/mol. The van der Waals surface area contributed by atoms with Crippen LogP contribution in [0.4, 0.5) is 28.8 Å². The van der Waals surface area contributed by atoms with E-state index in [1.165, 1.54) is 11.8 Å². The van der Waals surface area contributed by atoms with Crippen LogP contribution in [0.1, 0.15) is 5.56 Å². The standard InChI is InChI=1S/C13H10ClF3N4OS2/c1-2-5-23-12-20-11(24-21-12)19-10(22)18-9-6-7(13(15,16)17)3-4-8(9)14/h2-4,6H,1,5H2,(H2,18,19,20,21,22). The molecule has 0 radical (unpaired) electrons. The van der Waals surface area contributed by atoms with Gasteiger partial charge in [0.05, 0.1) is 16.3 Å². The zero-order valence-electron chi connectivity index (χ0n) is 11.9. The number of anilines is 2. The minimum Gasteiger partial charge on any atom is -0.306 e. The Labute approximate surface area is 148 Å². The summed E-state index contributed by atoms with van der Waals surface area (Å²) in [5.74, 6) is 0.613. The summed E-state index contributed by atoms with van der Waals surface area (Å²) in [5.41, 5.74) is -1.07. The van der Waals surface area contributed by atoms with Crippen LogP contribution in [0, 0.1) is 0 Å². The van der Waals surface area contributed by atoms with Crippen molar-refractivity contribution in [2.24, 2.45) is 0 Å². The molecule has 1 aromatic heterocycles. The average molecular weight is 395 g/mol. The lowest BCUT2D eigenvalue weighted by Gasteiger charge is -2.11. The van der Waals surface area contributed by atoms with E-state index in [-0.39, 0.29) is 15.8 Å². The molecule has 2 amide bonds. The van der Waals surface area contributed by atoms with Gasteiger partial charge in [-0.3, -0.25) is 5.32 Å². The summed E-state index contributed by atoms with van der Waals surface area (Å²) >= 11 is 8.09. The van der Waals surface area contributed by atoms with Crippen LogP contribution in [-0.4, -0.2) is 21.1 Å². The van der Waals surface area contributed by atoms with Crippen molar-refractivity contribution in [3.05, 3.63) is 41.4 Å². The van der Waals surface area contributed by atoms with Crippen LogP contribution in [0.25, 0.3) is 0 Å². The molecule has 128 valence electrons.